The minimum atomic E-state index is 0.0250. The van der Waals surface area contributed by atoms with Crippen LogP contribution in [0, 0.1) is 0 Å². The number of Topliss-reactive ketones (excluding diaryl/α,β-unsaturated/α-hetero) is 1. The molecule has 0 bridgehead atoms. The fraction of sp³-hybridized carbons (Fsp3) is 0.0667. The lowest BCUT2D eigenvalue weighted by atomic mass is 10.1. The highest BCUT2D eigenvalue weighted by molar-refractivity contribution is 5.94. The number of nitrogens with two attached hydrogens (primary N) is 1. The molecule has 3 rings (SSSR count). The molecule has 104 valence electrons. The number of nitrogens with zero attached hydrogens (tertiary/aromatic N) is 4. The molecule has 6 nitrogen and oxygen atoms in total. The number of carbonyl (C=O) groups excluding carboxylic acids is 1. The van der Waals surface area contributed by atoms with Gasteiger partial charge in [0, 0.05) is 16.8 Å². The van der Waals surface area contributed by atoms with Crippen molar-refractivity contribution < 1.29 is 4.79 Å². The molecular formula is C15H13N5O. The first kappa shape index (κ1) is 13.0. The van der Waals surface area contributed by atoms with Crippen molar-refractivity contribution in [2.75, 3.05) is 5.73 Å². The Labute approximate surface area is 121 Å². The average Bonchev–Trinajstić information content (AvgIpc) is 2.97. The van der Waals surface area contributed by atoms with Crippen molar-refractivity contribution in [3.8, 4) is 17.1 Å². The Morgan fingerprint density at radius 2 is 1.71 bits per heavy atom. The van der Waals surface area contributed by atoms with Gasteiger partial charge in [0.15, 0.2) is 11.6 Å². The van der Waals surface area contributed by atoms with Gasteiger partial charge in [0.2, 0.25) is 0 Å². The lowest BCUT2D eigenvalue weighted by Crippen LogP contribution is -2.01. The van der Waals surface area contributed by atoms with Gasteiger partial charge in [-0.3, -0.25) is 4.79 Å². The number of carbonyl (C=O) groups is 1. The molecule has 2 aromatic carbocycles. The van der Waals surface area contributed by atoms with Crippen LogP contribution in [0.2, 0.25) is 0 Å². The summed E-state index contributed by atoms with van der Waals surface area (Å²) >= 11 is 0. The molecule has 0 saturated heterocycles. The Morgan fingerprint density at radius 3 is 2.33 bits per heavy atom. The van der Waals surface area contributed by atoms with Crippen LogP contribution >= 0.6 is 0 Å². The van der Waals surface area contributed by atoms with Gasteiger partial charge in [-0.05, 0) is 65.9 Å². The molecule has 0 aliphatic heterocycles. The highest BCUT2D eigenvalue weighted by Gasteiger charge is 2.11. The number of ketones is 1. The Hall–Kier alpha value is -3.02. The third-order valence-corrected chi connectivity index (χ3v) is 3.16. The first-order valence-corrected chi connectivity index (χ1v) is 6.41. The van der Waals surface area contributed by atoms with Gasteiger partial charge in [0.25, 0.3) is 0 Å². The SMILES string of the molecule is CC(=O)c1ccc(-n2nnnc2-c2ccc(N)cc2)cc1. The monoisotopic (exact) mass is 279 g/mol. The van der Waals surface area contributed by atoms with Crippen LogP contribution in [0.1, 0.15) is 17.3 Å². The summed E-state index contributed by atoms with van der Waals surface area (Å²) in [4.78, 5) is 11.3. The second-order valence-electron chi connectivity index (χ2n) is 4.64. The lowest BCUT2D eigenvalue weighted by Gasteiger charge is -2.05. The minimum absolute atomic E-state index is 0.0250. The predicted molar refractivity (Wildman–Crippen MR) is 79.0 cm³/mol. The molecule has 6 heteroatoms. The summed E-state index contributed by atoms with van der Waals surface area (Å²) in [5.74, 6) is 0.641. The van der Waals surface area contributed by atoms with Crippen LogP contribution in [0.4, 0.5) is 5.69 Å². The van der Waals surface area contributed by atoms with Crippen LogP contribution in [-0.2, 0) is 0 Å². The highest BCUT2D eigenvalue weighted by Crippen LogP contribution is 2.20. The van der Waals surface area contributed by atoms with Gasteiger partial charge in [0.05, 0.1) is 5.69 Å². The minimum Gasteiger partial charge on any atom is -0.399 e. The highest BCUT2D eigenvalue weighted by atomic mass is 16.1. The standard InChI is InChI=1S/C15H13N5O/c1-10(21)11-4-8-14(9-5-11)20-15(17-18-19-20)12-2-6-13(16)7-3-12/h2-9H,16H2,1H3. The third-order valence-electron chi connectivity index (χ3n) is 3.16. The van der Waals surface area contributed by atoms with Crippen molar-refractivity contribution in [1.29, 1.82) is 0 Å². The smallest absolute Gasteiger partial charge is 0.187 e. The molecule has 1 aromatic heterocycles. The molecule has 0 aliphatic carbocycles. The van der Waals surface area contributed by atoms with Gasteiger partial charge in [-0.2, -0.15) is 4.68 Å². The number of hydrogen-bond acceptors (Lipinski definition) is 5. The van der Waals surface area contributed by atoms with Crippen molar-refractivity contribution in [3.05, 3.63) is 54.1 Å². The summed E-state index contributed by atoms with van der Waals surface area (Å²) < 4.78 is 1.62. The molecule has 2 N–H and O–H groups in total. The Morgan fingerprint density at radius 1 is 1.05 bits per heavy atom. The first-order valence-electron chi connectivity index (χ1n) is 6.41. The fourth-order valence-corrected chi connectivity index (χ4v) is 2.01. The van der Waals surface area contributed by atoms with Gasteiger partial charge in [0.1, 0.15) is 0 Å². The summed E-state index contributed by atoms with van der Waals surface area (Å²) in [7, 11) is 0. The van der Waals surface area contributed by atoms with E-state index in [0.717, 1.165) is 11.3 Å². The first-order chi connectivity index (χ1) is 10.1. The zero-order valence-corrected chi connectivity index (χ0v) is 11.4. The largest absolute Gasteiger partial charge is 0.399 e. The normalized spacial score (nSPS) is 10.5. The van der Waals surface area contributed by atoms with E-state index in [4.69, 9.17) is 5.73 Å². The molecule has 0 radical (unpaired) electrons. The maximum absolute atomic E-state index is 11.3. The van der Waals surface area contributed by atoms with E-state index in [0.29, 0.717) is 17.1 Å². The topological polar surface area (TPSA) is 86.7 Å². The molecule has 0 amide bonds. The van der Waals surface area contributed by atoms with E-state index in [-0.39, 0.29) is 5.78 Å². The van der Waals surface area contributed by atoms with Gasteiger partial charge in [-0.1, -0.05) is 0 Å². The average molecular weight is 279 g/mol. The van der Waals surface area contributed by atoms with E-state index in [1.54, 1.807) is 28.9 Å². The Balaban J connectivity index is 2.02. The summed E-state index contributed by atoms with van der Waals surface area (Å²) in [5, 5.41) is 11.8. The summed E-state index contributed by atoms with van der Waals surface area (Å²) in [5.41, 5.74) is 8.68. The maximum Gasteiger partial charge on any atom is 0.187 e. The van der Waals surface area contributed by atoms with Crippen molar-refractivity contribution >= 4 is 11.5 Å². The number of rotatable bonds is 3. The molecule has 0 unspecified atom stereocenters. The molecule has 0 spiro atoms. The number of aromatic nitrogens is 4. The van der Waals surface area contributed by atoms with Crippen LogP contribution in [-0.4, -0.2) is 26.0 Å². The van der Waals surface area contributed by atoms with Crippen molar-refractivity contribution in [3.63, 3.8) is 0 Å². The van der Waals surface area contributed by atoms with Gasteiger partial charge in [-0.25, -0.2) is 0 Å². The van der Waals surface area contributed by atoms with Crippen LogP contribution in [0.3, 0.4) is 0 Å². The molecule has 0 atom stereocenters. The molecule has 21 heavy (non-hydrogen) atoms. The van der Waals surface area contributed by atoms with Crippen LogP contribution in [0.5, 0.6) is 0 Å². The molecule has 1 heterocycles. The fourth-order valence-electron chi connectivity index (χ4n) is 2.01. The molecule has 0 fully saturated rings. The summed E-state index contributed by atoms with van der Waals surface area (Å²) in [6.07, 6.45) is 0. The second-order valence-corrected chi connectivity index (χ2v) is 4.64. The van der Waals surface area contributed by atoms with E-state index < -0.39 is 0 Å². The zero-order chi connectivity index (χ0) is 14.8. The Kier molecular flexibility index (Phi) is 3.19. The number of benzene rings is 2. The number of tetrazole rings is 1. The number of nitrogen functional groups attached to an aromatic ring is 1. The summed E-state index contributed by atoms with van der Waals surface area (Å²) in [6.45, 7) is 1.53. The van der Waals surface area contributed by atoms with Gasteiger partial charge < -0.3 is 5.73 Å². The van der Waals surface area contributed by atoms with E-state index in [1.165, 1.54) is 6.92 Å². The molecular weight excluding hydrogens is 266 g/mol. The van der Waals surface area contributed by atoms with Crippen LogP contribution < -0.4 is 5.73 Å². The quantitative estimate of drug-likeness (QED) is 0.586. The van der Waals surface area contributed by atoms with E-state index >= 15 is 0 Å². The zero-order valence-electron chi connectivity index (χ0n) is 11.4. The van der Waals surface area contributed by atoms with Crippen molar-refractivity contribution in [2.45, 2.75) is 6.92 Å². The molecule has 3 aromatic rings. The van der Waals surface area contributed by atoms with Gasteiger partial charge in [-0.15, -0.1) is 5.10 Å². The Bertz CT molecular complexity index is 775. The molecule has 0 saturated carbocycles. The van der Waals surface area contributed by atoms with Crippen LogP contribution in [0.15, 0.2) is 48.5 Å². The summed E-state index contributed by atoms with van der Waals surface area (Å²) in [6, 6.07) is 14.5. The number of anilines is 1. The van der Waals surface area contributed by atoms with E-state index in [1.807, 2.05) is 24.3 Å². The van der Waals surface area contributed by atoms with Crippen LogP contribution in [0.25, 0.3) is 17.1 Å². The van der Waals surface area contributed by atoms with Gasteiger partial charge >= 0.3 is 0 Å². The van der Waals surface area contributed by atoms with Crippen molar-refractivity contribution in [1.82, 2.24) is 20.2 Å². The van der Waals surface area contributed by atoms with E-state index in [2.05, 4.69) is 15.5 Å². The van der Waals surface area contributed by atoms with Crippen molar-refractivity contribution in [2.24, 2.45) is 0 Å². The second kappa shape index (κ2) is 5.16. The molecule has 0 aliphatic rings. The lowest BCUT2D eigenvalue weighted by molar-refractivity contribution is 0.101. The number of hydrogen-bond donors (Lipinski definition) is 1. The maximum atomic E-state index is 11.3. The third kappa shape index (κ3) is 2.51. The van der Waals surface area contributed by atoms with E-state index in [9.17, 15) is 4.79 Å². The predicted octanol–water partition coefficient (Wildman–Crippen LogP) is 2.11.